The number of aromatic nitrogens is 3. The van der Waals surface area contributed by atoms with E-state index >= 15 is 0 Å². The molecule has 0 bridgehead atoms. The SMILES string of the molecule is CCn1c(CNC(=O)c2ccc(C)cc2)nnc1SCC(=O)c1cccc([N+](=O)[O-])c1. The van der Waals surface area contributed by atoms with Gasteiger partial charge in [-0.2, -0.15) is 0 Å². The first-order valence-electron chi connectivity index (χ1n) is 9.56. The lowest BCUT2D eigenvalue weighted by Crippen LogP contribution is -2.24. The van der Waals surface area contributed by atoms with Crippen LogP contribution in [0.5, 0.6) is 0 Å². The third-order valence-electron chi connectivity index (χ3n) is 4.54. The number of benzene rings is 2. The summed E-state index contributed by atoms with van der Waals surface area (Å²) < 4.78 is 1.82. The molecule has 1 N–H and O–H groups in total. The van der Waals surface area contributed by atoms with Crippen molar-refractivity contribution in [3.63, 3.8) is 0 Å². The average Bonchev–Trinajstić information content (AvgIpc) is 3.18. The highest BCUT2D eigenvalue weighted by molar-refractivity contribution is 7.99. The fourth-order valence-corrected chi connectivity index (χ4v) is 3.76. The molecule has 0 atom stereocenters. The summed E-state index contributed by atoms with van der Waals surface area (Å²) in [6, 6.07) is 12.9. The number of hydrogen-bond donors (Lipinski definition) is 1. The van der Waals surface area contributed by atoms with E-state index in [1.807, 2.05) is 30.5 Å². The monoisotopic (exact) mass is 439 g/mol. The molecule has 0 aliphatic carbocycles. The van der Waals surface area contributed by atoms with Crippen molar-refractivity contribution in [3.05, 3.63) is 81.2 Å². The van der Waals surface area contributed by atoms with Crippen LogP contribution < -0.4 is 5.32 Å². The number of aryl methyl sites for hydroxylation is 1. The number of nitro groups is 1. The number of Topliss-reactive ketones (excluding diaryl/α,β-unsaturated/α-hetero) is 1. The lowest BCUT2D eigenvalue weighted by molar-refractivity contribution is -0.384. The lowest BCUT2D eigenvalue weighted by atomic mass is 10.1. The van der Waals surface area contributed by atoms with Crippen LogP contribution in [0.4, 0.5) is 5.69 Å². The van der Waals surface area contributed by atoms with Crippen molar-refractivity contribution < 1.29 is 14.5 Å². The Morgan fingerprint density at radius 1 is 1.13 bits per heavy atom. The van der Waals surface area contributed by atoms with Crippen molar-refractivity contribution in [2.45, 2.75) is 32.1 Å². The Morgan fingerprint density at radius 2 is 1.87 bits per heavy atom. The molecule has 1 amide bonds. The molecule has 160 valence electrons. The van der Waals surface area contributed by atoms with Crippen LogP contribution in [0, 0.1) is 17.0 Å². The van der Waals surface area contributed by atoms with Gasteiger partial charge >= 0.3 is 0 Å². The summed E-state index contributed by atoms with van der Waals surface area (Å²) in [4.78, 5) is 35.1. The molecule has 0 saturated carbocycles. The Kier molecular flexibility index (Phi) is 7.14. The zero-order valence-corrected chi connectivity index (χ0v) is 17.9. The van der Waals surface area contributed by atoms with E-state index in [2.05, 4.69) is 15.5 Å². The molecular weight excluding hydrogens is 418 g/mol. The summed E-state index contributed by atoms with van der Waals surface area (Å²) in [5.74, 6) is 0.192. The Hall–Kier alpha value is -3.53. The number of hydrogen-bond acceptors (Lipinski definition) is 7. The van der Waals surface area contributed by atoms with Crippen LogP contribution in [-0.2, 0) is 13.1 Å². The normalized spacial score (nSPS) is 10.6. The van der Waals surface area contributed by atoms with Gasteiger partial charge in [0.15, 0.2) is 16.8 Å². The molecule has 0 fully saturated rings. The number of amides is 1. The molecule has 0 spiro atoms. The number of ketones is 1. The minimum absolute atomic E-state index is 0.0645. The molecule has 31 heavy (non-hydrogen) atoms. The average molecular weight is 439 g/mol. The molecule has 0 aliphatic heterocycles. The van der Waals surface area contributed by atoms with Gasteiger partial charge in [0.2, 0.25) is 0 Å². The van der Waals surface area contributed by atoms with E-state index in [1.165, 1.54) is 30.0 Å². The highest BCUT2D eigenvalue weighted by atomic mass is 32.2. The van der Waals surface area contributed by atoms with E-state index in [1.54, 1.807) is 18.2 Å². The number of thioether (sulfide) groups is 1. The molecule has 1 heterocycles. The molecule has 0 radical (unpaired) electrons. The molecular formula is C21H21N5O4S. The third-order valence-corrected chi connectivity index (χ3v) is 5.51. The number of nitrogens with one attached hydrogen (secondary N) is 1. The van der Waals surface area contributed by atoms with Crippen molar-refractivity contribution in [1.29, 1.82) is 0 Å². The predicted molar refractivity (Wildman–Crippen MR) is 116 cm³/mol. The van der Waals surface area contributed by atoms with Crippen LogP contribution >= 0.6 is 11.8 Å². The number of non-ortho nitro benzene ring substituents is 1. The van der Waals surface area contributed by atoms with Crippen molar-refractivity contribution in [2.24, 2.45) is 0 Å². The standard InChI is InChI=1S/C21H21N5O4S/c1-3-25-19(12-22-20(28)15-9-7-14(2)8-10-15)23-24-21(25)31-13-18(27)16-5-4-6-17(11-16)26(29)30/h4-11H,3,12-13H2,1-2H3,(H,22,28). The van der Waals surface area contributed by atoms with E-state index in [0.717, 1.165) is 5.56 Å². The first-order chi connectivity index (χ1) is 14.9. The maximum atomic E-state index is 12.4. The number of carbonyl (C=O) groups excluding carboxylic acids is 2. The summed E-state index contributed by atoms with van der Waals surface area (Å²) in [5.41, 5.74) is 1.78. The van der Waals surface area contributed by atoms with Crippen LogP contribution in [-0.4, -0.2) is 37.1 Å². The first-order valence-corrected chi connectivity index (χ1v) is 10.5. The van der Waals surface area contributed by atoms with E-state index in [-0.39, 0.29) is 35.2 Å². The topological polar surface area (TPSA) is 120 Å². The van der Waals surface area contributed by atoms with Gasteiger partial charge < -0.3 is 9.88 Å². The molecule has 9 nitrogen and oxygen atoms in total. The summed E-state index contributed by atoms with van der Waals surface area (Å²) in [6.45, 7) is 4.64. The van der Waals surface area contributed by atoms with Gasteiger partial charge in [-0.05, 0) is 26.0 Å². The summed E-state index contributed by atoms with van der Waals surface area (Å²) in [7, 11) is 0. The second-order valence-electron chi connectivity index (χ2n) is 6.71. The Balaban J connectivity index is 1.62. The minimum atomic E-state index is -0.533. The molecule has 10 heteroatoms. The van der Waals surface area contributed by atoms with Crippen molar-refractivity contribution in [2.75, 3.05) is 5.75 Å². The smallest absolute Gasteiger partial charge is 0.270 e. The zero-order chi connectivity index (χ0) is 22.4. The van der Waals surface area contributed by atoms with Crippen molar-refractivity contribution in [3.8, 4) is 0 Å². The highest BCUT2D eigenvalue weighted by Gasteiger charge is 2.16. The minimum Gasteiger partial charge on any atom is -0.345 e. The first kappa shape index (κ1) is 22.2. The van der Waals surface area contributed by atoms with Gasteiger partial charge in [0.1, 0.15) is 0 Å². The van der Waals surface area contributed by atoms with Gasteiger partial charge in [0.05, 0.1) is 17.2 Å². The molecule has 0 aliphatic rings. The summed E-state index contributed by atoms with van der Waals surface area (Å²) >= 11 is 1.20. The van der Waals surface area contributed by atoms with E-state index in [4.69, 9.17) is 0 Å². The Labute approximate surface area is 183 Å². The van der Waals surface area contributed by atoms with Crippen LogP contribution in [0.2, 0.25) is 0 Å². The van der Waals surface area contributed by atoms with E-state index < -0.39 is 4.92 Å². The Bertz CT molecular complexity index is 1110. The fourth-order valence-electron chi connectivity index (χ4n) is 2.85. The van der Waals surface area contributed by atoms with Crippen molar-refractivity contribution >= 4 is 29.1 Å². The van der Waals surface area contributed by atoms with Gasteiger partial charge in [-0.15, -0.1) is 10.2 Å². The number of nitrogens with zero attached hydrogens (tertiary/aromatic N) is 4. The van der Waals surface area contributed by atoms with Crippen molar-refractivity contribution in [1.82, 2.24) is 20.1 Å². The molecule has 3 rings (SSSR count). The van der Waals surface area contributed by atoms with Crippen LogP contribution in [0.3, 0.4) is 0 Å². The maximum Gasteiger partial charge on any atom is 0.270 e. The van der Waals surface area contributed by atoms with Gasteiger partial charge in [0.25, 0.3) is 11.6 Å². The molecule has 2 aromatic carbocycles. The number of rotatable bonds is 9. The predicted octanol–water partition coefficient (Wildman–Crippen LogP) is 3.42. The molecule has 0 unspecified atom stereocenters. The molecule has 0 saturated heterocycles. The largest absolute Gasteiger partial charge is 0.345 e. The van der Waals surface area contributed by atoms with E-state index in [9.17, 15) is 19.7 Å². The highest BCUT2D eigenvalue weighted by Crippen LogP contribution is 2.20. The van der Waals surface area contributed by atoms with Crippen LogP contribution in [0.1, 0.15) is 39.0 Å². The Morgan fingerprint density at radius 3 is 2.55 bits per heavy atom. The van der Waals surface area contributed by atoms with Gasteiger partial charge in [0, 0.05) is 29.8 Å². The fraction of sp³-hybridized carbons (Fsp3) is 0.238. The van der Waals surface area contributed by atoms with Gasteiger partial charge in [-0.1, -0.05) is 41.6 Å². The zero-order valence-electron chi connectivity index (χ0n) is 17.1. The lowest BCUT2D eigenvalue weighted by Gasteiger charge is -2.08. The number of nitro benzene ring substituents is 1. The van der Waals surface area contributed by atoms with Crippen LogP contribution in [0.15, 0.2) is 53.7 Å². The number of carbonyl (C=O) groups is 2. The maximum absolute atomic E-state index is 12.4. The quantitative estimate of drug-likeness (QED) is 0.235. The van der Waals surface area contributed by atoms with E-state index in [0.29, 0.717) is 23.1 Å². The molecule has 1 aromatic heterocycles. The third kappa shape index (κ3) is 5.54. The second kappa shape index (κ2) is 9.98. The second-order valence-corrected chi connectivity index (χ2v) is 7.65. The summed E-state index contributed by atoms with van der Waals surface area (Å²) in [5, 5.41) is 22.5. The molecule has 3 aromatic rings. The van der Waals surface area contributed by atoms with Gasteiger partial charge in [-0.25, -0.2) is 0 Å². The van der Waals surface area contributed by atoms with Crippen LogP contribution in [0.25, 0.3) is 0 Å². The summed E-state index contributed by atoms with van der Waals surface area (Å²) in [6.07, 6.45) is 0. The van der Waals surface area contributed by atoms with Gasteiger partial charge in [-0.3, -0.25) is 19.7 Å².